The van der Waals surface area contributed by atoms with Gasteiger partial charge in [-0.05, 0) is 24.3 Å². The zero-order valence-corrected chi connectivity index (χ0v) is 12.1. The Morgan fingerprint density at radius 3 is 1.55 bits per heavy atom. The molecule has 0 bridgehead atoms. The van der Waals surface area contributed by atoms with E-state index in [4.69, 9.17) is 0 Å². The first-order valence-corrected chi connectivity index (χ1v) is 6.74. The monoisotopic (exact) mass is 265 g/mol. The van der Waals surface area contributed by atoms with E-state index in [1.54, 1.807) is 0 Å². The molecular weight excluding hydrogens is 246 g/mol. The lowest BCUT2D eigenvalue weighted by atomic mass is 10.2. The summed E-state index contributed by atoms with van der Waals surface area (Å²) in [5.74, 6) is 0. The van der Waals surface area contributed by atoms with Crippen LogP contribution in [0.2, 0.25) is 0 Å². The molecule has 3 heteroatoms. The predicted octanol–water partition coefficient (Wildman–Crippen LogP) is 2.01. The summed E-state index contributed by atoms with van der Waals surface area (Å²) in [6.45, 7) is 0. The zero-order chi connectivity index (χ0) is 14.1. The van der Waals surface area contributed by atoms with Gasteiger partial charge in [0, 0.05) is 31.3 Å². The van der Waals surface area contributed by atoms with Gasteiger partial charge in [0.25, 0.3) is 0 Å². The van der Waals surface area contributed by atoms with Gasteiger partial charge in [0.2, 0.25) is 11.4 Å². The molecule has 0 spiro atoms. The summed E-state index contributed by atoms with van der Waals surface area (Å²) in [6, 6.07) is 16.9. The lowest BCUT2D eigenvalue weighted by Gasteiger charge is -2.05. The van der Waals surface area contributed by atoms with Gasteiger partial charge in [-0.25, -0.2) is 0 Å². The Balaban J connectivity index is 2.15. The molecule has 3 aromatic rings. The maximum atomic E-state index is 2.24. The lowest BCUT2D eigenvalue weighted by Crippen LogP contribution is -2.31. The average Bonchev–Trinajstić information content (AvgIpc) is 2.82. The van der Waals surface area contributed by atoms with Crippen molar-refractivity contribution >= 4 is 0 Å². The van der Waals surface area contributed by atoms with Gasteiger partial charge >= 0.3 is 0 Å². The molecule has 100 valence electrons. The highest BCUT2D eigenvalue weighted by atomic mass is 15.0. The van der Waals surface area contributed by atoms with Crippen LogP contribution in [-0.4, -0.2) is 4.57 Å². The van der Waals surface area contributed by atoms with Crippen LogP contribution in [0.15, 0.2) is 60.9 Å². The van der Waals surface area contributed by atoms with Gasteiger partial charge in [-0.2, -0.15) is 9.13 Å². The largest absolute Gasteiger partial charge is 0.334 e. The number of nitrogens with zero attached hydrogens (tertiary/aromatic N) is 3. The first kappa shape index (κ1) is 12.6. The fourth-order valence-electron chi connectivity index (χ4n) is 2.60. The van der Waals surface area contributed by atoms with Crippen LogP contribution in [0.5, 0.6) is 0 Å². The normalized spacial score (nSPS) is 10.8. The molecule has 3 nitrogen and oxygen atoms in total. The van der Waals surface area contributed by atoms with E-state index in [1.807, 2.05) is 12.1 Å². The second-order valence-corrected chi connectivity index (χ2v) is 5.06. The fourth-order valence-corrected chi connectivity index (χ4v) is 2.60. The second kappa shape index (κ2) is 4.93. The van der Waals surface area contributed by atoms with Crippen molar-refractivity contribution in [2.24, 2.45) is 21.1 Å². The third-order valence-electron chi connectivity index (χ3n) is 3.76. The van der Waals surface area contributed by atoms with Crippen molar-refractivity contribution in [3.05, 3.63) is 60.9 Å². The molecule has 0 aromatic carbocycles. The minimum Gasteiger partial charge on any atom is -0.334 e. The average molecular weight is 265 g/mol. The summed E-state index contributed by atoms with van der Waals surface area (Å²) in [5.41, 5.74) is 4.85. The topological polar surface area (TPSA) is 12.7 Å². The van der Waals surface area contributed by atoms with Crippen molar-refractivity contribution in [1.82, 2.24) is 4.57 Å². The summed E-state index contributed by atoms with van der Waals surface area (Å²) in [5, 5.41) is 0. The molecule has 3 rings (SSSR count). The van der Waals surface area contributed by atoms with E-state index in [1.165, 1.54) is 22.8 Å². The number of rotatable bonds is 2. The van der Waals surface area contributed by atoms with Crippen LogP contribution in [0.3, 0.4) is 0 Å². The standard InChI is InChI=1S/C17H19N3/c1-18-12-6-4-8-14(18)16-10-11-17(20(16)3)15-9-5-7-13-19(15)2/h4-13H,1-3H3/q+2. The summed E-state index contributed by atoms with van der Waals surface area (Å²) >= 11 is 0. The molecular formula is C17H19N3+2. The van der Waals surface area contributed by atoms with E-state index in [0.29, 0.717) is 0 Å². The maximum absolute atomic E-state index is 2.24. The van der Waals surface area contributed by atoms with E-state index in [2.05, 4.69) is 83.6 Å². The first-order chi connectivity index (χ1) is 9.68. The summed E-state index contributed by atoms with van der Waals surface area (Å²) in [6.07, 6.45) is 4.15. The summed E-state index contributed by atoms with van der Waals surface area (Å²) in [4.78, 5) is 0. The van der Waals surface area contributed by atoms with Crippen LogP contribution >= 0.6 is 0 Å². The lowest BCUT2D eigenvalue weighted by molar-refractivity contribution is -0.660. The Kier molecular flexibility index (Phi) is 3.11. The molecule has 0 atom stereocenters. The quantitative estimate of drug-likeness (QED) is 0.629. The Hall–Kier alpha value is -2.42. The van der Waals surface area contributed by atoms with E-state index >= 15 is 0 Å². The highest BCUT2D eigenvalue weighted by Crippen LogP contribution is 2.23. The maximum Gasteiger partial charge on any atom is 0.228 e. The third-order valence-corrected chi connectivity index (χ3v) is 3.76. The van der Waals surface area contributed by atoms with Crippen molar-refractivity contribution in [1.29, 1.82) is 0 Å². The predicted molar refractivity (Wildman–Crippen MR) is 78.6 cm³/mol. The summed E-state index contributed by atoms with van der Waals surface area (Å²) in [7, 11) is 6.26. The molecule has 0 saturated heterocycles. The van der Waals surface area contributed by atoms with Crippen molar-refractivity contribution in [2.45, 2.75) is 0 Å². The molecule has 0 fully saturated rings. The van der Waals surface area contributed by atoms with Crippen LogP contribution in [-0.2, 0) is 21.1 Å². The molecule has 0 aliphatic heterocycles. The minimum absolute atomic E-state index is 1.21. The van der Waals surface area contributed by atoms with E-state index < -0.39 is 0 Å². The second-order valence-electron chi connectivity index (χ2n) is 5.06. The minimum atomic E-state index is 1.21. The molecule has 0 radical (unpaired) electrons. The highest BCUT2D eigenvalue weighted by molar-refractivity contribution is 5.62. The smallest absolute Gasteiger partial charge is 0.228 e. The molecule has 20 heavy (non-hydrogen) atoms. The van der Waals surface area contributed by atoms with Gasteiger partial charge in [-0.1, -0.05) is 0 Å². The van der Waals surface area contributed by atoms with Crippen LogP contribution < -0.4 is 9.13 Å². The van der Waals surface area contributed by atoms with Crippen LogP contribution in [0.4, 0.5) is 0 Å². The third kappa shape index (κ3) is 2.01. The molecule has 3 aromatic heterocycles. The van der Waals surface area contributed by atoms with Crippen LogP contribution in [0.25, 0.3) is 22.8 Å². The van der Waals surface area contributed by atoms with Crippen molar-refractivity contribution < 1.29 is 9.13 Å². The van der Waals surface area contributed by atoms with Gasteiger partial charge in [0.1, 0.15) is 25.5 Å². The first-order valence-electron chi connectivity index (χ1n) is 6.74. The molecule has 0 N–H and O–H groups in total. The number of hydrogen-bond donors (Lipinski definition) is 0. The number of aromatic nitrogens is 3. The SMILES string of the molecule is Cn1c(-c2cccc[n+]2C)ccc1-c1cccc[n+]1C. The zero-order valence-electron chi connectivity index (χ0n) is 12.1. The molecule has 3 heterocycles. The van der Waals surface area contributed by atoms with Gasteiger partial charge < -0.3 is 4.57 Å². The van der Waals surface area contributed by atoms with E-state index in [-0.39, 0.29) is 0 Å². The fraction of sp³-hybridized carbons (Fsp3) is 0.176. The molecule has 0 saturated carbocycles. The molecule has 0 aliphatic carbocycles. The number of pyridine rings is 2. The van der Waals surface area contributed by atoms with E-state index in [9.17, 15) is 0 Å². The molecule has 0 aliphatic rings. The Bertz CT molecular complexity index is 693. The number of aryl methyl sites for hydroxylation is 2. The highest BCUT2D eigenvalue weighted by Gasteiger charge is 2.18. The van der Waals surface area contributed by atoms with Crippen LogP contribution in [0, 0.1) is 0 Å². The van der Waals surface area contributed by atoms with Crippen molar-refractivity contribution in [2.75, 3.05) is 0 Å². The van der Waals surface area contributed by atoms with Gasteiger partial charge in [0.15, 0.2) is 12.4 Å². The van der Waals surface area contributed by atoms with Gasteiger partial charge in [-0.15, -0.1) is 0 Å². The van der Waals surface area contributed by atoms with Crippen LogP contribution in [0.1, 0.15) is 0 Å². The van der Waals surface area contributed by atoms with Gasteiger partial charge in [-0.3, -0.25) is 0 Å². The molecule has 0 unspecified atom stereocenters. The van der Waals surface area contributed by atoms with Gasteiger partial charge in [0.05, 0.1) is 0 Å². The Morgan fingerprint density at radius 2 is 1.15 bits per heavy atom. The van der Waals surface area contributed by atoms with E-state index in [0.717, 1.165) is 0 Å². The number of hydrogen-bond acceptors (Lipinski definition) is 0. The van der Waals surface area contributed by atoms with Crippen molar-refractivity contribution in [3.8, 4) is 22.8 Å². The molecule has 0 amide bonds. The van der Waals surface area contributed by atoms with Crippen molar-refractivity contribution in [3.63, 3.8) is 0 Å². The Labute approximate surface area is 119 Å². The summed E-state index contributed by atoms with van der Waals surface area (Å²) < 4.78 is 6.53. The Morgan fingerprint density at radius 1 is 0.700 bits per heavy atom.